The minimum atomic E-state index is -0.282. The van der Waals surface area contributed by atoms with Gasteiger partial charge in [-0.3, -0.25) is 9.13 Å². The monoisotopic (exact) mass is 880 g/mol. The van der Waals surface area contributed by atoms with Crippen LogP contribution in [0.2, 0.25) is 0 Å². The molecule has 0 spiro atoms. The summed E-state index contributed by atoms with van der Waals surface area (Å²) >= 11 is 2.15. The summed E-state index contributed by atoms with van der Waals surface area (Å²) in [5.41, 5.74) is 8.47. The molecule has 0 fully saturated rings. The third kappa shape index (κ3) is 9.58. The van der Waals surface area contributed by atoms with Gasteiger partial charge in [0.1, 0.15) is 11.5 Å². The SMILES string of the molecule is C=CCc1c(O)ccc2c1c(-c1ccc(C(C)C)cc1)nc(=O)n2C(C)C.C=CCc1c(OC)ccc2c1c(-c1ccc(C(C)C)cc1)nc(=O)n2C(C)C.CI. The van der Waals surface area contributed by atoms with Gasteiger partial charge in [0.2, 0.25) is 0 Å². The molecule has 0 atom stereocenters. The van der Waals surface area contributed by atoms with Crippen molar-refractivity contribution < 1.29 is 9.84 Å². The zero-order chi connectivity index (χ0) is 42.1. The topological polar surface area (TPSA) is 99.2 Å². The maximum atomic E-state index is 12.9. The van der Waals surface area contributed by atoms with Crippen molar-refractivity contribution in [3.05, 3.63) is 141 Å². The number of ether oxygens (including phenoxy) is 1. The molecule has 300 valence electrons. The van der Waals surface area contributed by atoms with E-state index in [0.29, 0.717) is 36.1 Å². The van der Waals surface area contributed by atoms with Crippen molar-refractivity contribution in [3.8, 4) is 34.0 Å². The first-order chi connectivity index (χ1) is 27.2. The van der Waals surface area contributed by atoms with Crippen LogP contribution in [-0.4, -0.2) is 36.2 Å². The standard InChI is InChI=1S/C24H28N2O2.C23H26N2O2.CH3I/c1-7-8-19-21(28-6)14-13-20-22(19)23(25-24(27)26(20)16(4)5)18-11-9-17(10-12-18)15(2)3;1-6-7-18-20(26)13-12-19-21(18)22(24-23(27)25(19)15(4)5)17-10-8-16(9-11-17)14(2)3;1-2/h7,9-16H,1,8H2,2-6H3;6,8-15,26H,1,7H2,2-5H3;1H3. The van der Waals surface area contributed by atoms with E-state index in [-0.39, 0.29) is 29.2 Å². The van der Waals surface area contributed by atoms with Gasteiger partial charge >= 0.3 is 11.4 Å². The number of alkyl halides is 1. The van der Waals surface area contributed by atoms with Crippen LogP contribution in [0.25, 0.3) is 44.3 Å². The maximum Gasteiger partial charge on any atom is 0.348 e. The van der Waals surface area contributed by atoms with E-state index in [2.05, 4.69) is 97.7 Å². The second-order valence-electron chi connectivity index (χ2n) is 15.1. The fourth-order valence-electron chi connectivity index (χ4n) is 7.14. The number of hydrogen-bond donors (Lipinski definition) is 1. The molecule has 0 saturated carbocycles. The highest BCUT2D eigenvalue weighted by Gasteiger charge is 2.21. The van der Waals surface area contributed by atoms with Gasteiger partial charge in [-0.2, -0.15) is 9.97 Å². The number of hydrogen-bond acceptors (Lipinski definition) is 6. The van der Waals surface area contributed by atoms with Crippen molar-refractivity contribution in [2.24, 2.45) is 0 Å². The number of halogens is 1. The summed E-state index contributed by atoms with van der Waals surface area (Å²) in [4.78, 5) is 36.5. The number of allylic oxidation sites excluding steroid dienone is 2. The number of rotatable bonds is 11. The van der Waals surface area contributed by atoms with Gasteiger partial charge in [-0.25, -0.2) is 9.59 Å². The van der Waals surface area contributed by atoms with Crippen LogP contribution in [0.4, 0.5) is 0 Å². The van der Waals surface area contributed by atoms with Crippen LogP contribution in [0.15, 0.2) is 108 Å². The van der Waals surface area contributed by atoms with E-state index < -0.39 is 0 Å². The van der Waals surface area contributed by atoms with Crippen LogP contribution in [0.5, 0.6) is 11.5 Å². The molecule has 9 heteroatoms. The second kappa shape index (κ2) is 19.9. The Bertz CT molecular complexity index is 2460. The van der Waals surface area contributed by atoms with Gasteiger partial charge in [-0.05, 0) is 92.7 Å². The van der Waals surface area contributed by atoms with Crippen molar-refractivity contribution >= 4 is 44.4 Å². The highest BCUT2D eigenvalue weighted by atomic mass is 127. The first-order valence-electron chi connectivity index (χ1n) is 19.4. The third-order valence-corrected chi connectivity index (χ3v) is 9.99. The fourth-order valence-corrected chi connectivity index (χ4v) is 7.14. The quantitative estimate of drug-likeness (QED) is 0.0790. The summed E-state index contributed by atoms with van der Waals surface area (Å²) in [7, 11) is 1.66. The van der Waals surface area contributed by atoms with Gasteiger partial charge in [0.15, 0.2) is 0 Å². The van der Waals surface area contributed by atoms with Gasteiger partial charge in [0, 0.05) is 45.1 Å². The minimum Gasteiger partial charge on any atom is -0.508 e. The largest absolute Gasteiger partial charge is 0.508 e. The zero-order valence-corrected chi connectivity index (χ0v) is 37.2. The summed E-state index contributed by atoms with van der Waals surface area (Å²) < 4.78 is 9.03. The van der Waals surface area contributed by atoms with E-state index >= 15 is 0 Å². The molecule has 0 aliphatic heterocycles. The summed E-state index contributed by atoms with van der Waals surface area (Å²) in [5.74, 6) is 1.85. The molecule has 0 aliphatic carbocycles. The lowest BCUT2D eigenvalue weighted by atomic mass is 9.96. The summed E-state index contributed by atoms with van der Waals surface area (Å²) in [6.07, 6.45) is 4.74. The number of methoxy groups -OCH3 is 1. The van der Waals surface area contributed by atoms with Crippen molar-refractivity contribution in [1.82, 2.24) is 19.1 Å². The summed E-state index contributed by atoms with van der Waals surface area (Å²) in [5, 5.41) is 12.2. The number of phenolic OH excluding ortho intramolecular Hbond substituents is 1. The zero-order valence-electron chi connectivity index (χ0n) is 35.1. The summed E-state index contributed by atoms with van der Waals surface area (Å²) in [6, 6.07) is 23.7. The highest BCUT2D eigenvalue weighted by molar-refractivity contribution is 14.1. The highest BCUT2D eigenvalue weighted by Crippen LogP contribution is 2.37. The van der Waals surface area contributed by atoms with E-state index in [0.717, 1.165) is 49.8 Å². The van der Waals surface area contributed by atoms with Crippen LogP contribution in [0, 0.1) is 0 Å². The Hall–Kier alpha value is -5.03. The molecule has 2 heterocycles. The smallest absolute Gasteiger partial charge is 0.348 e. The van der Waals surface area contributed by atoms with Gasteiger partial charge in [0.25, 0.3) is 0 Å². The molecule has 0 amide bonds. The number of nitrogens with zero attached hydrogens (tertiary/aromatic N) is 4. The number of aromatic nitrogens is 4. The summed E-state index contributed by atoms with van der Waals surface area (Å²) in [6.45, 7) is 24.2. The predicted octanol–water partition coefficient (Wildman–Crippen LogP) is 11.8. The molecule has 4 aromatic carbocycles. The van der Waals surface area contributed by atoms with E-state index in [1.807, 2.05) is 75.1 Å². The molecule has 0 radical (unpaired) electrons. The Morgan fingerprint density at radius 2 is 1.02 bits per heavy atom. The average Bonchev–Trinajstić information content (AvgIpc) is 3.19. The Balaban J connectivity index is 0.000000242. The van der Waals surface area contributed by atoms with Crippen LogP contribution in [0.1, 0.15) is 102 Å². The average molecular weight is 881 g/mol. The van der Waals surface area contributed by atoms with Crippen LogP contribution in [-0.2, 0) is 12.8 Å². The van der Waals surface area contributed by atoms with Crippen molar-refractivity contribution in [2.45, 2.75) is 92.2 Å². The van der Waals surface area contributed by atoms with Crippen molar-refractivity contribution in [3.63, 3.8) is 0 Å². The van der Waals surface area contributed by atoms with Crippen LogP contribution >= 0.6 is 22.6 Å². The molecule has 0 unspecified atom stereocenters. The lowest BCUT2D eigenvalue weighted by Gasteiger charge is -2.19. The van der Waals surface area contributed by atoms with Gasteiger partial charge < -0.3 is 9.84 Å². The number of aromatic hydroxyl groups is 1. The van der Waals surface area contributed by atoms with Crippen molar-refractivity contribution in [2.75, 3.05) is 12.0 Å². The van der Waals surface area contributed by atoms with E-state index in [9.17, 15) is 14.7 Å². The van der Waals surface area contributed by atoms with Crippen LogP contribution < -0.4 is 16.1 Å². The Labute approximate surface area is 351 Å². The van der Waals surface area contributed by atoms with E-state index in [1.165, 1.54) is 11.1 Å². The van der Waals surface area contributed by atoms with E-state index in [4.69, 9.17) is 4.74 Å². The number of phenols is 1. The maximum absolute atomic E-state index is 12.9. The molecule has 0 aliphatic rings. The molecule has 6 aromatic rings. The minimum absolute atomic E-state index is 0.00448. The number of fused-ring (bicyclic) bond motifs is 2. The Morgan fingerprint density at radius 3 is 1.39 bits per heavy atom. The lowest BCUT2D eigenvalue weighted by Crippen LogP contribution is -2.26. The molecular formula is C48H57IN4O4. The molecule has 8 nitrogen and oxygen atoms in total. The third-order valence-electron chi connectivity index (χ3n) is 9.99. The fraction of sp³-hybridized carbons (Fsp3) is 0.333. The van der Waals surface area contributed by atoms with Crippen LogP contribution in [0.3, 0.4) is 0 Å². The normalized spacial score (nSPS) is 11.1. The first kappa shape index (κ1) is 44.7. The molecule has 0 bridgehead atoms. The molecule has 57 heavy (non-hydrogen) atoms. The molecule has 2 aromatic heterocycles. The first-order valence-corrected chi connectivity index (χ1v) is 21.6. The molecule has 6 rings (SSSR count). The van der Waals surface area contributed by atoms with Gasteiger partial charge in [-0.1, -0.05) is 111 Å². The molecular weight excluding hydrogens is 823 g/mol. The van der Waals surface area contributed by atoms with Gasteiger partial charge in [-0.15, -0.1) is 13.2 Å². The molecule has 0 saturated heterocycles. The van der Waals surface area contributed by atoms with E-state index in [1.54, 1.807) is 34.5 Å². The predicted molar refractivity (Wildman–Crippen MR) is 248 cm³/mol. The lowest BCUT2D eigenvalue weighted by molar-refractivity contribution is 0.411. The van der Waals surface area contributed by atoms with Crippen molar-refractivity contribution in [1.29, 1.82) is 0 Å². The Morgan fingerprint density at radius 1 is 0.632 bits per heavy atom. The number of benzene rings is 4. The Kier molecular flexibility index (Phi) is 15.6. The van der Waals surface area contributed by atoms with Gasteiger partial charge in [0.05, 0.1) is 29.5 Å². The molecule has 1 N–H and O–H groups in total. The second-order valence-corrected chi connectivity index (χ2v) is 15.1.